The van der Waals surface area contributed by atoms with E-state index in [2.05, 4.69) is 181 Å². The molecule has 0 saturated carbocycles. The van der Waals surface area contributed by atoms with Crippen LogP contribution in [0.25, 0.3) is 81.7 Å². The smallest absolute Gasteiger partial charge is 0.115 e. The van der Waals surface area contributed by atoms with Crippen molar-refractivity contribution in [2.24, 2.45) is 0 Å². The van der Waals surface area contributed by atoms with Crippen LogP contribution in [0.1, 0.15) is 5.56 Å². The Morgan fingerprint density at radius 1 is 0.435 bits per heavy atom. The summed E-state index contributed by atoms with van der Waals surface area (Å²) in [6.07, 6.45) is 0.0554. The third kappa shape index (κ3) is 6.66. The van der Waals surface area contributed by atoms with Crippen molar-refractivity contribution in [3.63, 3.8) is 0 Å². The Hall–Kier alpha value is -7.22. The fraction of sp³-hybridized carbons (Fsp3) is 0.0175. The first-order chi connectivity index (χ1) is 30.4. The first-order valence-electron chi connectivity index (χ1n) is 20.8. The lowest BCUT2D eigenvalue weighted by atomic mass is 9.65. The van der Waals surface area contributed by atoms with E-state index in [1.54, 1.807) is 0 Å². The third-order valence-corrected chi connectivity index (χ3v) is 12.1. The zero-order valence-corrected chi connectivity index (χ0v) is 34.2. The van der Waals surface area contributed by atoms with Gasteiger partial charge in [0.1, 0.15) is 23.5 Å². The zero-order valence-electron chi connectivity index (χ0n) is 34.2. The predicted molar refractivity (Wildman–Crippen MR) is 271 cm³/mol. The van der Waals surface area contributed by atoms with Gasteiger partial charge in [0.2, 0.25) is 0 Å². The molecule has 0 aliphatic carbocycles. The highest BCUT2D eigenvalue weighted by atomic mass is 15.1. The number of nitrogens with zero attached hydrogens (tertiary/aromatic N) is 1. The van der Waals surface area contributed by atoms with Gasteiger partial charge in [-0.3, -0.25) is 0 Å². The third-order valence-electron chi connectivity index (χ3n) is 12.1. The predicted octanol–water partition coefficient (Wildman–Crippen LogP) is 14.2. The molecule has 0 heterocycles. The Labute approximate surface area is 368 Å². The fourth-order valence-electron chi connectivity index (χ4n) is 9.21. The topological polar surface area (TPSA) is 3.24 Å². The van der Waals surface area contributed by atoms with Crippen LogP contribution in [0.15, 0.2) is 229 Å². The first kappa shape index (κ1) is 38.9. The molecule has 0 unspecified atom stereocenters. The molecular formula is C57H37B4N. The number of hydrogen-bond donors (Lipinski definition) is 0. The number of rotatable bonds is 9. The molecule has 0 aliphatic heterocycles. The lowest BCUT2D eigenvalue weighted by Gasteiger charge is -2.32. The number of hydrogen-bond acceptors (Lipinski definition) is 1. The molecule has 0 N–H and O–H groups in total. The molecule has 0 amide bonds. The van der Waals surface area contributed by atoms with Crippen molar-refractivity contribution in [2.75, 3.05) is 4.90 Å². The first-order valence-corrected chi connectivity index (χ1v) is 20.8. The molecule has 5 heteroatoms. The van der Waals surface area contributed by atoms with Gasteiger partial charge < -0.3 is 4.90 Å². The van der Waals surface area contributed by atoms with Crippen LogP contribution in [-0.2, 0) is 0 Å². The molecule has 282 valence electrons. The molecule has 62 heavy (non-hydrogen) atoms. The largest absolute Gasteiger partial charge is 0.311 e. The minimum atomic E-state index is 0.0554. The summed E-state index contributed by atoms with van der Waals surface area (Å²) in [6.45, 7) is 4.76. The molecule has 0 saturated heterocycles. The van der Waals surface area contributed by atoms with E-state index < -0.39 is 0 Å². The van der Waals surface area contributed by atoms with Crippen molar-refractivity contribution in [1.29, 1.82) is 0 Å². The minimum absolute atomic E-state index is 0.0554. The molecule has 0 aromatic heterocycles. The quantitative estimate of drug-likeness (QED) is 0.0801. The highest BCUT2D eigenvalue weighted by molar-refractivity contribution is 6.44. The fourth-order valence-corrected chi connectivity index (χ4v) is 9.21. The average molecular weight is 779 g/mol. The van der Waals surface area contributed by atoms with Gasteiger partial charge in [0.15, 0.2) is 0 Å². The number of benzene rings is 10. The molecule has 10 aromatic rings. The van der Waals surface area contributed by atoms with Crippen LogP contribution < -0.4 is 4.90 Å². The summed E-state index contributed by atoms with van der Waals surface area (Å²) in [4.78, 5) is 2.12. The zero-order chi connectivity index (χ0) is 42.3. The van der Waals surface area contributed by atoms with E-state index in [0.717, 1.165) is 82.3 Å². The van der Waals surface area contributed by atoms with Crippen LogP contribution in [0, 0.1) is 0 Å². The molecule has 10 aromatic carbocycles. The normalized spacial score (nSPS) is 12.5. The van der Waals surface area contributed by atoms with E-state index in [9.17, 15) is 0 Å². The van der Waals surface area contributed by atoms with Gasteiger partial charge in [-0.2, -0.15) is 0 Å². The lowest BCUT2D eigenvalue weighted by Crippen LogP contribution is -2.19. The SMILES string of the molecule is [B]C/C([B])=C(\C([B])=C(\[B])C(=C)N(c1ccc(-c2cccc3ccccc23)cc1)c1cc2ccccc2c2ccccc12)c1c(-c2ccccc2)c2ccccc2c2ccccc12. The summed E-state index contributed by atoms with van der Waals surface area (Å²) in [5, 5.41) is 11.0. The average Bonchev–Trinajstić information content (AvgIpc) is 3.34. The monoisotopic (exact) mass is 779 g/mol. The van der Waals surface area contributed by atoms with Crippen LogP contribution in [0.4, 0.5) is 11.4 Å². The van der Waals surface area contributed by atoms with Gasteiger partial charge in [0.25, 0.3) is 0 Å². The number of fused-ring (bicyclic) bond motifs is 7. The van der Waals surface area contributed by atoms with Gasteiger partial charge in [-0.1, -0.05) is 206 Å². The molecule has 0 bridgehead atoms. The Bertz CT molecular complexity index is 3430. The highest BCUT2D eigenvalue weighted by Crippen LogP contribution is 2.47. The number of allylic oxidation sites excluding steroid dienone is 4. The van der Waals surface area contributed by atoms with Crippen molar-refractivity contribution in [1.82, 2.24) is 0 Å². The van der Waals surface area contributed by atoms with Gasteiger partial charge in [-0.25, -0.2) is 0 Å². The second kappa shape index (κ2) is 16.3. The summed E-state index contributed by atoms with van der Waals surface area (Å²) < 4.78 is 0. The van der Waals surface area contributed by atoms with Crippen LogP contribution in [0.5, 0.6) is 0 Å². The minimum Gasteiger partial charge on any atom is -0.311 e. The Balaban J connectivity index is 1.22. The maximum atomic E-state index is 7.48. The summed E-state index contributed by atoms with van der Waals surface area (Å²) >= 11 is 0. The van der Waals surface area contributed by atoms with E-state index in [1.807, 2.05) is 24.3 Å². The standard InChI is InChI=1S/C57H37B4N/c1-36(56(60)57(61)55(51(59)35-58)54-50-28-14-11-25-47(50)46-24-10-13-27-49(46)53(54)39-17-3-2-4-18-39)62(52-34-40-19-6-8-22-44(40)45-23-9-12-26-48(45)52)41-32-30-38(31-33-41)43-29-15-20-37-16-5-7-21-42(37)43/h2-34H,1,35H2/b55-51+,57-56-. The lowest BCUT2D eigenvalue weighted by molar-refractivity contribution is 1.22. The maximum absolute atomic E-state index is 7.48. The number of anilines is 2. The second-order valence-electron chi connectivity index (χ2n) is 15.7. The van der Waals surface area contributed by atoms with E-state index in [4.69, 9.17) is 38.0 Å². The van der Waals surface area contributed by atoms with Crippen LogP contribution in [0.3, 0.4) is 0 Å². The van der Waals surface area contributed by atoms with Crippen molar-refractivity contribution in [2.45, 2.75) is 6.32 Å². The molecule has 0 aliphatic rings. The van der Waals surface area contributed by atoms with Gasteiger partial charge in [-0.15, -0.1) is 5.47 Å². The summed E-state index contributed by atoms with van der Waals surface area (Å²) in [5.41, 5.74) is 8.98. The molecular weight excluding hydrogens is 742 g/mol. The van der Waals surface area contributed by atoms with Gasteiger partial charge in [0.05, 0.1) is 13.5 Å². The van der Waals surface area contributed by atoms with Crippen LogP contribution in [-0.4, -0.2) is 31.4 Å². The molecule has 0 fully saturated rings. The van der Waals surface area contributed by atoms with E-state index in [-0.39, 0.29) is 17.3 Å². The summed E-state index contributed by atoms with van der Waals surface area (Å²) in [5.74, 6) is 0. The molecule has 10 rings (SSSR count). The van der Waals surface area contributed by atoms with Crippen molar-refractivity contribution >= 4 is 102 Å². The van der Waals surface area contributed by atoms with Crippen molar-refractivity contribution in [3.05, 3.63) is 234 Å². The Morgan fingerprint density at radius 2 is 0.952 bits per heavy atom. The Kier molecular flexibility index (Phi) is 10.3. The highest BCUT2D eigenvalue weighted by Gasteiger charge is 2.24. The second-order valence-corrected chi connectivity index (χ2v) is 15.7. The van der Waals surface area contributed by atoms with E-state index in [0.29, 0.717) is 16.7 Å². The van der Waals surface area contributed by atoms with Crippen molar-refractivity contribution in [3.8, 4) is 22.3 Å². The maximum Gasteiger partial charge on any atom is 0.115 e. The van der Waals surface area contributed by atoms with Crippen LogP contribution >= 0.6 is 0 Å². The Morgan fingerprint density at radius 3 is 1.63 bits per heavy atom. The summed E-state index contributed by atoms with van der Waals surface area (Å²) in [6, 6.07) is 69.8. The van der Waals surface area contributed by atoms with Crippen molar-refractivity contribution < 1.29 is 0 Å². The summed E-state index contributed by atoms with van der Waals surface area (Å²) in [7, 11) is 28.5. The van der Waals surface area contributed by atoms with Gasteiger partial charge in [-0.05, 0) is 100 Å². The molecule has 1 nitrogen and oxygen atoms in total. The van der Waals surface area contributed by atoms with Gasteiger partial charge in [0, 0.05) is 16.8 Å². The van der Waals surface area contributed by atoms with E-state index in [1.165, 1.54) is 10.8 Å². The molecule has 0 atom stereocenters. The van der Waals surface area contributed by atoms with Gasteiger partial charge >= 0.3 is 0 Å². The van der Waals surface area contributed by atoms with Crippen LogP contribution in [0.2, 0.25) is 6.32 Å². The molecule has 0 spiro atoms. The van der Waals surface area contributed by atoms with E-state index >= 15 is 0 Å². The molecule has 8 radical (unpaired) electrons.